The third-order valence-electron chi connectivity index (χ3n) is 3.07. The van der Waals surface area contributed by atoms with E-state index in [1.807, 2.05) is 0 Å². The maximum absolute atomic E-state index is 9.34. The average molecular weight is 257 g/mol. The molecule has 0 saturated heterocycles. The number of benzene rings is 1. The van der Waals surface area contributed by atoms with Crippen LogP contribution in [0, 0.1) is 0 Å². The first-order valence-corrected chi connectivity index (χ1v) is 6.26. The average Bonchev–Trinajstić information content (AvgIpc) is 2.83. The fourth-order valence-electron chi connectivity index (χ4n) is 2.20. The van der Waals surface area contributed by atoms with Crippen molar-refractivity contribution in [2.75, 3.05) is 7.11 Å². The van der Waals surface area contributed by atoms with Gasteiger partial charge in [-0.25, -0.2) is 0 Å². The fourth-order valence-corrected chi connectivity index (χ4v) is 2.43. The molecule has 0 radical (unpaired) electrons. The van der Waals surface area contributed by atoms with E-state index in [4.69, 9.17) is 21.1 Å². The van der Waals surface area contributed by atoms with Gasteiger partial charge in [0, 0.05) is 16.7 Å². The Kier molecular flexibility index (Phi) is 4.13. The molecule has 94 valence electrons. The van der Waals surface area contributed by atoms with Crippen molar-refractivity contribution in [1.29, 1.82) is 0 Å². The summed E-state index contributed by atoms with van der Waals surface area (Å²) in [4.78, 5) is 0. The second kappa shape index (κ2) is 5.61. The summed E-state index contributed by atoms with van der Waals surface area (Å²) in [6, 6.07) is 3.43. The molecule has 0 atom stereocenters. The molecule has 0 aliphatic heterocycles. The first-order chi connectivity index (χ1) is 8.24. The van der Waals surface area contributed by atoms with Crippen molar-refractivity contribution in [2.24, 2.45) is 0 Å². The highest BCUT2D eigenvalue weighted by Gasteiger charge is 2.20. The first-order valence-electron chi connectivity index (χ1n) is 5.88. The summed E-state index contributed by atoms with van der Waals surface area (Å²) in [5.41, 5.74) is 0.682. The molecule has 0 aromatic heterocycles. The monoisotopic (exact) mass is 256 g/mol. The minimum atomic E-state index is -0.0982. The van der Waals surface area contributed by atoms with E-state index in [2.05, 4.69) is 0 Å². The van der Waals surface area contributed by atoms with Gasteiger partial charge in [-0.1, -0.05) is 11.6 Å². The van der Waals surface area contributed by atoms with Gasteiger partial charge in [0.2, 0.25) is 0 Å². The molecule has 0 spiro atoms. The minimum Gasteiger partial charge on any atom is -0.493 e. The van der Waals surface area contributed by atoms with Gasteiger partial charge in [-0.3, -0.25) is 0 Å². The van der Waals surface area contributed by atoms with Crippen molar-refractivity contribution in [1.82, 2.24) is 0 Å². The molecular formula is C13H17ClO3. The Morgan fingerprint density at radius 1 is 1.35 bits per heavy atom. The molecule has 1 aromatic carbocycles. The summed E-state index contributed by atoms with van der Waals surface area (Å²) in [5.74, 6) is 1.22. The van der Waals surface area contributed by atoms with E-state index in [0.29, 0.717) is 22.1 Å². The zero-order valence-electron chi connectivity index (χ0n) is 9.91. The van der Waals surface area contributed by atoms with Crippen molar-refractivity contribution in [3.05, 3.63) is 22.7 Å². The number of halogens is 1. The van der Waals surface area contributed by atoms with Gasteiger partial charge in [0.1, 0.15) is 0 Å². The van der Waals surface area contributed by atoms with E-state index in [0.717, 1.165) is 12.8 Å². The van der Waals surface area contributed by atoms with Crippen LogP contribution in [0.3, 0.4) is 0 Å². The third-order valence-corrected chi connectivity index (χ3v) is 3.29. The second-order valence-corrected chi connectivity index (χ2v) is 4.72. The Hall–Kier alpha value is -0.930. The van der Waals surface area contributed by atoms with Crippen molar-refractivity contribution in [3.8, 4) is 11.5 Å². The van der Waals surface area contributed by atoms with E-state index >= 15 is 0 Å². The zero-order chi connectivity index (χ0) is 12.3. The molecule has 1 saturated carbocycles. The van der Waals surface area contributed by atoms with Crippen LogP contribution in [-0.4, -0.2) is 18.3 Å². The molecule has 0 bridgehead atoms. The van der Waals surface area contributed by atoms with Crippen molar-refractivity contribution < 1.29 is 14.6 Å². The Morgan fingerprint density at radius 2 is 2.06 bits per heavy atom. The van der Waals surface area contributed by atoms with Crippen LogP contribution < -0.4 is 9.47 Å². The molecule has 3 nitrogen and oxygen atoms in total. The molecule has 0 unspecified atom stereocenters. The number of hydrogen-bond acceptors (Lipinski definition) is 3. The van der Waals surface area contributed by atoms with Gasteiger partial charge in [-0.15, -0.1) is 0 Å². The lowest BCUT2D eigenvalue weighted by Crippen LogP contribution is -2.13. The highest BCUT2D eigenvalue weighted by atomic mass is 35.5. The van der Waals surface area contributed by atoms with Crippen LogP contribution in [0.5, 0.6) is 11.5 Å². The van der Waals surface area contributed by atoms with Crippen molar-refractivity contribution in [3.63, 3.8) is 0 Å². The zero-order valence-corrected chi connectivity index (χ0v) is 10.7. The summed E-state index contributed by atoms with van der Waals surface area (Å²) < 4.78 is 11.2. The lowest BCUT2D eigenvalue weighted by molar-refractivity contribution is 0.191. The van der Waals surface area contributed by atoms with Gasteiger partial charge in [0.25, 0.3) is 0 Å². The van der Waals surface area contributed by atoms with Crippen molar-refractivity contribution >= 4 is 11.6 Å². The quantitative estimate of drug-likeness (QED) is 0.899. The molecule has 1 aliphatic rings. The van der Waals surface area contributed by atoms with Crippen molar-refractivity contribution in [2.45, 2.75) is 38.4 Å². The van der Waals surface area contributed by atoms with E-state index in [1.165, 1.54) is 12.8 Å². The number of rotatable bonds is 4. The number of aliphatic hydroxyl groups excluding tert-OH is 1. The largest absolute Gasteiger partial charge is 0.493 e. The maximum atomic E-state index is 9.34. The smallest absolute Gasteiger partial charge is 0.167 e. The van der Waals surface area contributed by atoms with E-state index < -0.39 is 0 Å². The third kappa shape index (κ3) is 2.85. The standard InChI is InChI=1S/C13H17ClO3/c1-16-12-7-10(14)6-9(8-15)13(12)17-11-4-2-3-5-11/h6-7,11,15H,2-5,8H2,1H3. The van der Waals surface area contributed by atoms with Crippen LogP contribution in [0.4, 0.5) is 0 Å². The predicted molar refractivity (Wildman–Crippen MR) is 66.8 cm³/mol. The summed E-state index contributed by atoms with van der Waals surface area (Å²) in [5, 5.41) is 9.89. The summed E-state index contributed by atoms with van der Waals surface area (Å²) in [6.07, 6.45) is 4.77. The van der Waals surface area contributed by atoms with Crippen LogP contribution >= 0.6 is 11.6 Å². The fraction of sp³-hybridized carbons (Fsp3) is 0.538. The normalized spacial score (nSPS) is 16.2. The SMILES string of the molecule is COc1cc(Cl)cc(CO)c1OC1CCCC1. The summed E-state index contributed by atoms with van der Waals surface area (Å²) >= 11 is 5.95. The molecule has 0 amide bonds. The summed E-state index contributed by atoms with van der Waals surface area (Å²) in [6.45, 7) is -0.0982. The van der Waals surface area contributed by atoms with Gasteiger partial charge in [0.05, 0.1) is 19.8 Å². The number of methoxy groups -OCH3 is 1. The lowest BCUT2D eigenvalue weighted by atomic mass is 10.2. The molecule has 1 aliphatic carbocycles. The number of aliphatic hydroxyl groups is 1. The van der Waals surface area contributed by atoms with Crippen LogP contribution in [0.15, 0.2) is 12.1 Å². The number of hydrogen-bond donors (Lipinski definition) is 1. The summed E-state index contributed by atoms with van der Waals surface area (Å²) in [7, 11) is 1.58. The molecule has 1 fully saturated rings. The van der Waals surface area contributed by atoms with E-state index in [1.54, 1.807) is 19.2 Å². The maximum Gasteiger partial charge on any atom is 0.167 e. The minimum absolute atomic E-state index is 0.0982. The van der Waals surface area contributed by atoms with Gasteiger partial charge < -0.3 is 14.6 Å². The molecule has 17 heavy (non-hydrogen) atoms. The molecular weight excluding hydrogens is 240 g/mol. The van der Waals surface area contributed by atoms with Gasteiger partial charge in [0.15, 0.2) is 11.5 Å². The van der Waals surface area contributed by atoms with Crippen LogP contribution in [0.2, 0.25) is 5.02 Å². The highest BCUT2D eigenvalue weighted by Crippen LogP contribution is 2.37. The van der Waals surface area contributed by atoms with Crippen LogP contribution in [0.25, 0.3) is 0 Å². The van der Waals surface area contributed by atoms with Gasteiger partial charge in [-0.05, 0) is 31.7 Å². The topological polar surface area (TPSA) is 38.7 Å². The lowest BCUT2D eigenvalue weighted by Gasteiger charge is -2.18. The molecule has 0 heterocycles. The van der Waals surface area contributed by atoms with E-state index in [9.17, 15) is 5.11 Å². The molecule has 4 heteroatoms. The molecule has 1 N–H and O–H groups in total. The predicted octanol–water partition coefficient (Wildman–Crippen LogP) is 3.16. The Labute approximate surface area is 106 Å². The second-order valence-electron chi connectivity index (χ2n) is 4.28. The Morgan fingerprint density at radius 3 is 2.65 bits per heavy atom. The van der Waals surface area contributed by atoms with Crippen LogP contribution in [0.1, 0.15) is 31.2 Å². The Bertz CT molecular complexity index is 361. The van der Waals surface area contributed by atoms with E-state index in [-0.39, 0.29) is 12.7 Å². The highest BCUT2D eigenvalue weighted by molar-refractivity contribution is 6.30. The number of ether oxygens (including phenoxy) is 2. The first kappa shape index (κ1) is 12.5. The van der Waals surface area contributed by atoms with Gasteiger partial charge >= 0.3 is 0 Å². The molecule has 1 aromatic rings. The Balaban J connectivity index is 2.28. The molecule has 2 rings (SSSR count). The van der Waals surface area contributed by atoms with Gasteiger partial charge in [-0.2, -0.15) is 0 Å². The van der Waals surface area contributed by atoms with Crippen LogP contribution in [-0.2, 0) is 6.61 Å².